The summed E-state index contributed by atoms with van der Waals surface area (Å²) in [5, 5.41) is 0. The van der Waals surface area contributed by atoms with Gasteiger partial charge in [-0.25, -0.2) is 4.98 Å². The molecule has 0 aliphatic carbocycles. The highest BCUT2D eigenvalue weighted by atomic mass is 16.5. The predicted molar refractivity (Wildman–Crippen MR) is 98.8 cm³/mol. The number of aromatic nitrogens is 2. The van der Waals surface area contributed by atoms with Crippen LogP contribution in [0.5, 0.6) is 0 Å². The summed E-state index contributed by atoms with van der Waals surface area (Å²) >= 11 is 0. The fourth-order valence-electron chi connectivity index (χ4n) is 3.20. The van der Waals surface area contributed by atoms with Crippen molar-refractivity contribution in [3.63, 3.8) is 0 Å². The average molecular weight is 376 g/mol. The highest BCUT2D eigenvalue weighted by Gasteiger charge is 2.29. The monoisotopic (exact) mass is 376 g/mol. The number of esters is 1. The molecule has 1 aromatic heterocycles. The van der Waals surface area contributed by atoms with E-state index in [2.05, 4.69) is 9.97 Å². The van der Waals surface area contributed by atoms with E-state index >= 15 is 0 Å². The maximum Gasteiger partial charge on any atom is 0.310 e. The molecule has 148 valence electrons. The minimum Gasteiger partial charge on any atom is -0.466 e. The molecule has 2 rings (SSSR count). The smallest absolute Gasteiger partial charge is 0.310 e. The Kier molecular flexibility index (Phi) is 8.16. The van der Waals surface area contributed by atoms with Crippen LogP contribution in [0.4, 0.5) is 0 Å². The van der Waals surface area contributed by atoms with Crippen LogP contribution in [0.25, 0.3) is 0 Å². The number of carbonyl (C=O) groups is 3. The number of piperidine rings is 1. The lowest BCUT2D eigenvalue weighted by molar-refractivity contribution is -0.151. The Morgan fingerprint density at radius 2 is 2.07 bits per heavy atom. The molecule has 8 heteroatoms. The summed E-state index contributed by atoms with van der Waals surface area (Å²) in [4.78, 5) is 48.4. The Hall–Kier alpha value is -2.51. The fourth-order valence-corrected chi connectivity index (χ4v) is 3.20. The minimum absolute atomic E-state index is 0.0444. The molecule has 1 aliphatic rings. The number of carbonyl (C=O) groups excluding carboxylic acids is 3. The first-order valence-corrected chi connectivity index (χ1v) is 9.56. The zero-order valence-electron chi connectivity index (χ0n) is 16.1. The Balaban J connectivity index is 1.91. The van der Waals surface area contributed by atoms with Crippen LogP contribution in [0.3, 0.4) is 0 Å². The van der Waals surface area contributed by atoms with Gasteiger partial charge in [0.05, 0.1) is 18.7 Å². The molecule has 1 aromatic rings. The maximum atomic E-state index is 12.6. The lowest BCUT2D eigenvalue weighted by Gasteiger charge is -2.32. The van der Waals surface area contributed by atoms with Gasteiger partial charge in [0.2, 0.25) is 5.91 Å². The topological polar surface area (TPSA) is 92.7 Å². The van der Waals surface area contributed by atoms with E-state index in [-0.39, 0.29) is 35.8 Å². The average Bonchev–Trinajstić information content (AvgIpc) is 2.71. The highest BCUT2D eigenvalue weighted by Crippen LogP contribution is 2.19. The predicted octanol–water partition coefficient (Wildman–Crippen LogP) is 1.52. The number of nitrogens with zero attached hydrogens (tertiary/aromatic N) is 4. The first-order chi connectivity index (χ1) is 13.1. The van der Waals surface area contributed by atoms with Gasteiger partial charge in [-0.1, -0.05) is 6.92 Å². The van der Waals surface area contributed by atoms with Gasteiger partial charge in [0, 0.05) is 45.0 Å². The van der Waals surface area contributed by atoms with Crippen molar-refractivity contribution in [1.29, 1.82) is 0 Å². The number of hydrogen-bond acceptors (Lipinski definition) is 6. The molecule has 0 spiro atoms. The zero-order valence-corrected chi connectivity index (χ0v) is 16.1. The van der Waals surface area contributed by atoms with E-state index in [1.807, 2.05) is 6.92 Å². The summed E-state index contributed by atoms with van der Waals surface area (Å²) in [5.41, 5.74) is 0.277. The molecular weight excluding hydrogens is 348 g/mol. The van der Waals surface area contributed by atoms with Crippen molar-refractivity contribution in [1.82, 2.24) is 19.8 Å². The number of amides is 2. The van der Waals surface area contributed by atoms with Crippen molar-refractivity contribution in [3.8, 4) is 0 Å². The van der Waals surface area contributed by atoms with E-state index in [0.29, 0.717) is 32.8 Å². The molecule has 1 atom stereocenters. The zero-order chi connectivity index (χ0) is 19.6. The summed E-state index contributed by atoms with van der Waals surface area (Å²) in [6.07, 6.45) is 6.96. The van der Waals surface area contributed by atoms with Crippen molar-refractivity contribution < 1.29 is 19.1 Å². The second-order valence-corrected chi connectivity index (χ2v) is 6.56. The lowest BCUT2D eigenvalue weighted by Crippen LogP contribution is -2.44. The molecule has 0 saturated carbocycles. The van der Waals surface area contributed by atoms with Crippen LogP contribution in [0, 0.1) is 5.92 Å². The number of ether oxygens (including phenoxy) is 1. The molecule has 1 aliphatic heterocycles. The minimum atomic E-state index is -0.254. The Morgan fingerprint density at radius 1 is 1.26 bits per heavy atom. The van der Waals surface area contributed by atoms with Gasteiger partial charge in [-0.05, 0) is 26.2 Å². The SMILES string of the molecule is CCCN(CCC(=O)N1CCCC(C(=O)OCC)C1)C(=O)c1cnccn1. The van der Waals surface area contributed by atoms with Gasteiger partial charge >= 0.3 is 5.97 Å². The summed E-state index contributed by atoms with van der Waals surface area (Å²) in [6, 6.07) is 0. The summed E-state index contributed by atoms with van der Waals surface area (Å²) in [6.45, 7) is 6.01. The third-order valence-corrected chi connectivity index (χ3v) is 4.55. The summed E-state index contributed by atoms with van der Waals surface area (Å²) < 4.78 is 5.08. The van der Waals surface area contributed by atoms with E-state index in [1.54, 1.807) is 16.7 Å². The molecule has 2 heterocycles. The van der Waals surface area contributed by atoms with Crippen LogP contribution < -0.4 is 0 Å². The Bertz CT molecular complexity index is 638. The van der Waals surface area contributed by atoms with E-state index in [9.17, 15) is 14.4 Å². The summed E-state index contributed by atoms with van der Waals surface area (Å²) in [7, 11) is 0. The number of likely N-dealkylation sites (tertiary alicyclic amines) is 1. The molecule has 1 unspecified atom stereocenters. The Morgan fingerprint density at radius 3 is 2.74 bits per heavy atom. The van der Waals surface area contributed by atoms with Crippen molar-refractivity contribution in [2.45, 2.75) is 39.5 Å². The van der Waals surface area contributed by atoms with Crippen LogP contribution in [0.2, 0.25) is 0 Å². The van der Waals surface area contributed by atoms with Crippen molar-refractivity contribution >= 4 is 17.8 Å². The number of hydrogen-bond donors (Lipinski definition) is 0. The molecule has 2 amide bonds. The summed E-state index contributed by atoms with van der Waals surface area (Å²) in [5.74, 6) is -0.756. The van der Waals surface area contributed by atoms with Crippen LogP contribution in [0.15, 0.2) is 18.6 Å². The maximum absolute atomic E-state index is 12.6. The van der Waals surface area contributed by atoms with Crippen LogP contribution in [-0.4, -0.2) is 70.3 Å². The van der Waals surface area contributed by atoms with Gasteiger partial charge in [0.1, 0.15) is 5.69 Å². The van der Waals surface area contributed by atoms with Gasteiger partial charge in [0.15, 0.2) is 0 Å². The van der Waals surface area contributed by atoms with Crippen LogP contribution in [-0.2, 0) is 14.3 Å². The molecule has 1 fully saturated rings. The lowest BCUT2D eigenvalue weighted by atomic mass is 9.98. The molecule has 1 saturated heterocycles. The largest absolute Gasteiger partial charge is 0.466 e. The molecule has 8 nitrogen and oxygen atoms in total. The molecule has 0 radical (unpaired) electrons. The van der Waals surface area contributed by atoms with E-state index in [4.69, 9.17) is 4.74 Å². The van der Waals surface area contributed by atoms with Gasteiger partial charge in [-0.2, -0.15) is 0 Å². The van der Waals surface area contributed by atoms with Crippen molar-refractivity contribution in [2.75, 3.05) is 32.8 Å². The van der Waals surface area contributed by atoms with E-state index < -0.39 is 0 Å². The number of rotatable bonds is 8. The second-order valence-electron chi connectivity index (χ2n) is 6.56. The molecule has 0 bridgehead atoms. The van der Waals surface area contributed by atoms with Crippen molar-refractivity contribution in [2.24, 2.45) is 5.92 Å². The first-order valence-electron chi connectivity index (χ1n) is 9.56. The second kappa shape index (κ2) is 10.6. The normalized spacial score (nSPS) is 16.7. The molecule has 0 N–H and O–H groups in total. The molecular formula is C19H28N4O4. The first kappa shape index (κ1) is 20.8. The Labute approximate surface area is 159 Å². The molecule has 0 aromatic carbocycles. The van der Waals surface area contributed by atoms with E-state index in [1.165, 1.54) is 18.6 Å². The third kappa shape index (κ3) is 6.01. The van der Waals surface area contributed by atoms with Crippen molar-refractivity contribution in [3.05, 3.63) is 24.3 Å². The van der Waals surface area contributed by atoms with Gasteiger partial charge in [0.25, 0.3) is 5.91 Å². The fraction of sp³-hybridized carbons (Fsp3) is 0.632. The van der Waals surface area contributed by atoms with E-state index in [0.717, 1.165) is 19.3 Å². The quantitative estimate of drug-likeness (QED) is 0.639. The van der Waals surface area contributed by atoms with Gasteiger partial charge < -0.3 is 14.5 Å². The molecule has 27 heavy (non-hydrogen) atoms. The van der Waals surface area contributed by atoms with Gasteiger partial charge in [-0.3, -0.25) is 19.4 Å². The highest BCUT2D eigenvalue weighted by molar-refractivity contribution is 5.92. The third-order valence-electron chi connectivity index (χ3n) is 4.55. The van der Waals surface area contributed by atoms with Gasteiger partial charge in [-0.15, -0.1) is 0 Å². The standard InChI is InChI=1S/C19H28N4O4/c1-3-10-22(18(25)16-13-20-8-9-21-16)12-7-17(24)23-11-5-6-15(14-23)19(26)27-4-2/h8-9,13,15H,3-7,10-12,14H2,1-2H3. The van der Waals surface area contributed by atoms with Crippen LogP contribution in [0.1, 0.15) is 50.0 Å². The van der Waals surface area contributed by atoms with Crippen LogP contribution >= 0.6 is 0 Å².